The highest BCUT2D eigenvalue weighted by Crippen LogP contribution is 2.32. The SMILES string of the molecule is O=C1NC(=O)[C@@](CN2Cc3ccc(Cl)cc3C2=O)(c2ccc(F)cc2)N1. The third-order valence-corrected chi connectivity index (χ3v) is 4.89. The molecule has 1 saturated heterocycles. The molecule has 0 saturated carbocycles. The van der Waals surface area contributed by atoms with E-state index in [1.807, 2.05) is 0 Å². The molecule has 6 nitrogen and oxygen atoms in total. The van der Waals surface area contributed by atoms with Crippen LogP contribution in [0.25, 0.3) is 0 Å². The number of rotatable bonds is 3. The molecule has 2 aromatic rings. The number of nitrogens with zero attached hydrogens (tertiary/aromatic N) is 1. The van der Waals surface area contributed by atoms with Crippen molar-refractivity contribution in [2.24, 2.45) is 0 Å². The second-order valence-corrected chi connectivity index (χ2v) is 6.72. The zero-order valence-electron chi connectivity index (χ0n) is 13.4. The van der Waals surface area contributed by atoms with Gasteiger partial charge in [-0.05, 0) is 35.4 Å². The van der Waals surface area contributed by atoms with Crippen molar-refractivity contribution in [3.63, 3.8) is 0 Å². The summed E-state index contributed by atoms with van der Waals surface area (Å²) in [5.41, 5.74) is 0.172. The number of carbonyl (C=O) groups is 3. The summed E-state index contributed by atoms with van der Waals surface area (Å²) in [6.45, 7) is 0.207. The van der Waals surface area contributed by atoms with Gasteiger partial charge in [0, 0.05) is 17.1 Å². The van der Waals surface area contributed by atoms with E-state index in [-0.39, 0.29) is 19.0 Å². The van der Waals surface area contributed by atoms with E-state index in [2.05, 4.69) is 10.6 Å². The zero-order valence-corrected chi connectivity index (χ0v) is 14.1. The lowest BCUT2D eigenvalue weighted by Gasteiger charge is -2.31. The van der Waals surface area contributed by atoms with Crippen molar-refractivity contribution in [2.45, 2.75) is 12.1 Å². The number of fused-ring (bicyclic) bond motifs is 1. The number of carbonyl (C=O) groups excluding carboxylic acids is 3. The van der Waals surface area contributed by atoms with Gasteiger partial charge in [-0.2, -0.15) is 0 Å². The molecule has 8 heteroatoms. The predicted octanol–water partition coefficient (Wildman–Crippen LogP) is 2.17. The Hall–Kier alpha value is -2.93. The summed E-state index contributed by atoms with van der Waals surface area (Å²) in [6, 6.07) is 9.62. The second kappa shape index (κ2) is 5.81. The van der Waals surface area contributed by atoms with Gasteiger partial charge >= 0.3 is 6.03 Å². The first-order valence-corrected chi connectivity index (χ1v) is 8.24. The second-order valence-electron chi connectivity index (χ2n) is 6.28. The number of benzene rings is 2. The van der Waals surface area contributed by atoms with Gasteiger partial charge in [0.15, 0.2) is 5.54 Å². The van der Waals surface area contributed by atoms with Crippen LogP contribution in [-0.2, 0) is 16.9 Å². The summed E-state index contributed by atoms with van der Waals surface area (Å²) in [6.07, 6.45) is 0. The summed E-state index contributed by atoms with van der Waals surface area (Å²) < 4.78 is 13.3. The van der Waals surface area contributed by atoms with Crippen LogP contribution in [0.15, 0.2) is 42.5 Å². The fourth-order valence-corrected chi connectivity index (χ4v) is 3.55. The van der Waals surface area contributed by atoms with Crippen LogP contribution in [0.5, 0.6) is 0 Å². The van der Waals surface area contributed by atoms with E-state index >= 15 is 0 Å². The quantitative estimate of drug-likeness (QED) is 0.809. The van der Waals surface area contributed by atoms with Gasteiger partial charge in [0.05, 0.1) is 6.54 Å². The number of hydrogen-bond acceptors (Lipinski definition) is 3. The van der Waals surface area contributed by atoms with Crippen LogP contribution in [0.3, 0.4) is 0 Å². The van der Waals surface area contributed by atoms with Gasteiger partial charge in [-0.3, -0.25) is 14.9 Å². The van der Waals surface area contributed by atoms with E-state index in [0.29, 0.717) is 16.1 Å². The third kappa shape index (κ3) is 2.52. The molecule has 4 rings (SSSR count). The Balaban J connectivity index is 1.71. The molecular formula is C18H13ClFN3O3. The lowest BCUT2D eigenvalue weighted by Crippen LogP contribution is -2.52. The summed E-state index contributed by atoms with van der Waals surface area (Å²) in [5.74, 6) is -1.33. The van der Waals surface area contributed by atoms with Crippen LogP contribution in [0.1, 0.15) is 21.5 Å². The molecular weight excluding hydrogens is 361 g/mol. The van der Waals surface area contributed by atoms with Gasteiger partial charge in [-0.15, -0.1) is 0 Å². The molecule has 0 bridgehead atoms. The lowest BCUT2D eigenvalue weighted by molar-refractivity contribution is -0.124. The highest BCUT2D eigenvalue weighted by molar-refractivity contribution is 6.31. The molecule has 2 aliphatic heterocycles. The standard InChI is InChI=1S/C18H13ClFN3O3/c19-12-4-1-10-8-23(15(24)14(10)7-12)9-18(16(25)21-17(26)22-18)11-2-5-13(20)6-3-11/h1-7H,8-9H2,(H2,21,22,25,26)/t18-/m1/s1. The molecule has 0 aromatic heterocycles. The number of nitrogens with one attached hydrogen (secondary N) is 2. The number of halogens is 2. The minimum absolute atomic E-state index is 0.0820. The Morgan fingerprint density at radius 1 is 1.12 bits per heavy atom. The van der Waals surface area contributed by atoms with Crippen molar-refractivity contribution < 1.29 is 18.8 Å². The van der Waals surface area contributed by atoms with E-state index in [1.54, 1.807) is 18.2 Å². The summed E-state index contributed by atoms with van der Waals surface area (Å²) in [4.78, 5) is 38.5. The molecule has 0 aliphatic carbocycles. The van der Waals surface area contributed by atoms with Crippen molar-refractivity contribution in [1.82, 2.24) is 15.5 Å². The van der Waals surface area contributed by atoms with E-state index in [0.717, 1.165) is 5.56 Å². The Labute approximate surface area is 152 Å². The van der Waals surface area contributed by atoms with Gasteiger partial charge in [0.1, 0.15) is 5.82 Å². The minimum atomic E-state index is -1.48. The summed E-state index contributed by atoms with van der Waals surface area (Å²) in [5, 5.41) is 5.24. The van der Waals surface area contributed by atoms with Crippen molar-refractivity contribution in [3.8, 4) is 0 Å². The number of imide groups is 1. The van der Waals surface area contributed by atoms with Crippen LogP contribution in [0.4, 0.5) is 9.18 Å². The van der Waals surface area contributed by atoms with Crippen molar-refractivity contribution >= 4 is 29.4 Å². The molecule has 26 heavy (non-hydrogen) atoms. The fraction of sp³-hybridized carbons (Fsp3) is 0.167. The molecule has 2 aromatic carbocycles. The summed E-state index contributed by atoms with van der Waals surface area (Å²) in [7, 11) is 0. The molecule has 0 spiro atoms. The van der Waals surface area contributed by atoms with E-state index in [1.165, 1.54) is 29.2 Å². The molecule has 0 radical (unpaired) electrons. The maximum Gasteiger partial charge on any atom is 0.322 e. The molecule has 1 fully saturated rings. The third-order valence-electron chi connectivity index (χ3n) is 4.66. The monoisotopic (exact) mass is 373 g/mol. The largest absolute Gasteiger partial charge is 0.331 e. The van der Waals surface area contributed by atoms with Gasteiger partial charge in [-0.25, -0.2) is 9.18 Å². The molecule has 132 valence electrons. The first-order valence-electron chi connectivity index (χ1n) is 7.86. The van der Waals surface area contributed by atoms with Gasteiger partial charge in [0.2, 0.25) is 0 Å². The first-order chi connectivity index (χ1) is 12.4. The smallest absolute Gasteiger partial charge is 0.322 e. The van der Waals surface area contributed by atoms with Crippen LogP contribution < -0.4 is 10.6 Å². The maximum absolute atomic E-state index is 13.3. The average molecular weight is 374 g/mol. The van der Waals surface area contributed by atoms with Crippen LogP contribution in [0.2, 0.25) is 5.02 Å². The molecule has 0 unspecified atom stereocenters. The molecule has 2 heterocycles. The average Bonchev–Trinajstić information content (AvgIpc) is 3.06. The zero-order chi connectivity index (χ0) is 18.5. The minimum Gasteiger partial charge on any atom is -0.331 e. The predicted molar refractivity (Wildman–Crippen MR) is 90.9 cm³/mol. The van der Waals surface area contributed by atoms with Crippen molar-refractivity contribution in [1.29, 1.82) is 0 Å². The molecule has 1 atom stereocenters. The number of amides is 4. The highest BCUT2D eigenvalue weighted by atomic mass is 35.5. The van der Waals surface area contributed by atoms with Gasteiger partial charge in [0.25, 0.3) is 11.8 Å². The van der Waals surface area contributed by atoms with E-state index in [4.69, 9.17) is 11.6 Å². The van der Waals surface area contributed by atoms with E-state index < -0.39 is 23.3 Å². The number of urea groups is 1. The number of hydrogen-bond donors (Lipinski definition) is 2. The lowest BCUT2D eigenvalue weighted by atomic mass is 9.89. The van der Waals surface area contributed by atoms with E-state index in [9.17, 15) is 18.8 Å². The van der Waals surface area contributed by atoms with Crippen molar-refractivity contribution in [3.05, 3.63) is 70.0 Å². The van der Waals surface area contributed by atoms with Crippen LogP contribution >= 0.6 is 11.6 Å². The normalized spacial score (nSPS) is 21.6. The highest BCUT2D eigenvalue weighted by Gasteiger charge is 2.50. The Bertz CT molecular complexity index is 947. The molecule has 2 aliphatic rings. The Morgan fingerprint density at radius 3 is 2.50 bits per heavy atom. The maximum atomic E-state index is 13.3. The molecule has 4 amide bonds. The van der Waals surface area contributed by atoms with Crippen molar-refractivity contribution in [2.75, 3.05) is 6.54 Å². The fourth-order valence-electron chi connectivity index (χ4n) is 3.38. The van der Waals surface area contributed by atoms with Crippen LogP contribution in [0, 0.1) is 5.82 Å². The van der Waals surface area contributed by atoms with Crippen LogP contribution in [-0.4, -0.2) is 29.3 Å². The Kier molecular flexibility index (Phi) is 3.69. The topological polar surface area (TPSA) is 78.5 Å². The molecule has 2 N–H and O–H groups in total. The van der Waals surface area contributed by atoms with Gasteiger partial charge < -0.3 is 10.2 Å². The Morgan fingerprint density at radius 2 is 1.85 bits per heavy atom. The summed E-state index contributed by atoms with van der Waals surface area (Å²) >= 11 is 5.96. The first kappa shape index (κ1) is 16.5. The van der Waals surface area contributed by atoms with Gasteiger partial charge in [-0.1, -0.05) is 29.8 Å².